The SMILES string of the molecule is OC(COCc1ccccc1)c1cc2ccccc2[nH]1. The van der Waals surface area contributed by atoms with Crippen molar-refractivity contribution in [2.75, 3.05) is 6.61 Å². The van der Waals surface area contributed by atoms with Gasteiger partial charge in [-0.1, -0.05) is 48.5 Å². The van der Waals surface area contributed by atoms with Crippen molar-refractivity contribution in [3.05, 3.63) is 71.9 Å². The minimum absolute atomic E-state index is 0.279. The molecule has 0 bridgehead atoms. The van der Waals surface area contributed by atoms with E-state index in [1.807, 2.05) is 60.7 Å². The summed E-state index contributed by atoms with van der Waals surface area (Å²) in [5, 5.41) is 11.2. The minimum atomic E-state index is -0.633. The van der Waals surface area contributed by atoms with E-state index in [-0.39, 0.29) is 6.61 Å². The first-order chi connectivity index (χ1) is 9.83. The van der Waals surface area contributed by atoms with Crippen LogP contribution in [0.5, 0.6) is 0 Å². The van der Waals surface area contributed by atoms with E-state index in [4.69, 9.17) is 4.74 Å². The van der Waals surface area contributed by atoms with Crippen molar-refractivity contribution in [3.63, 3.8) is 0 Å². The Balaban J connectivity index is 1.60. The zero-order valence-corrected chi connectivity index (χ0v) is 11.1. The van der Waals surface area contributed by atoms with Crippen LogP contribution in [0.1, 0.15) is 17.4 Å². The third kappa shape index (κ3) is 2.90. The van der Waals surface area contributed by atoms with E-state index in [9.17, 15) is 5.11 Å². The summed E-state index contributed by atoms with van der Waals surface area (Å²) in [6.45, 7) is 0.792. The van der Waals surface area contributed by atoms with Gasteiger partial charge in [-0.15, -0.1) is 0 Å². The Morgan fingerprint density at radius 2 is 1.75 bits per heavy atom. The van der Waals surface area contributed by atoms with Gasteiger partial charge in [-0.3, -0.25) is 0 Å². The Labute approximate surface area is 117 Å². The van der Waals surface area contributed by atoms with E-state index >= 15 is 0 Å². The number of aromatic nitrogens is 1. The van der Waals surface area contributed by atoms with Crippen molar-refractivity contribution in [2.24, 2.45) is 0 Å². The molecule has 3 heteroatoms. The topological polar surface area (TPSA) is 45.2 Å². The molecule has 0 radical (unpaired) electrons. The lowest BCUT2D eigenvalue weighted by molar-refractivity contribution is 0.0260. The average Bonchev–Trinajstić information content (AvgIpc) is 2.92. The Hall–Kier alpha value is -2.10. The maximum Gasteiger partial charge on any atom is 0.117 e. The maximum atomic E-state index is 10.1. The molecule has 3 nitrogen and oxygen atoms in total. The fourth-order valence-corrected chi connectivity index (χ4v) is 2.23. The maximum absolute atomic E-state index is 10.1. The van der Waals surface area contributed by atoms with E-state index < -0.39 is 6.10 Å². The van der Waals surface area contributed by atoms with E-state index in [0.29, 0.717) is 6.61 Å². The van der Waals surface area contributed by atoms with Gasteiger partial charge >= 0.3 is 0 Å². The molecule has 20 heavy (non-hydrogen) atoms. The molecule has 0 saturated heterocycles. The molecule has 2 N–H and O–H groups in total. The van der Waals surface area contributed by atoms with E-state index in [1.54, 1.807) is 0 Å². The monoisotopic (exact) mass is 267 g/mol. The van der Waals surface area contributed by atoms with E-state index in [2.05, 4.69) is 4.98 Å². The van der Waals surface area contributed by atoms with Crippen LogP contribution in [0.2, 0.25) is 0 Å². The number of aliphatic hydroxyl groups is 1. The average molecular weight is 267 g/mol. The van der Waals surface area contributed by atoms with Crippen molar-refractivity contribution in [3.8, 4) is 0 Å². The summed E-state index contributed by atoms with van der Waals surface area (Å²) in [5.41, 5.74) is 2.93. The number of benzene rings is 2. The van der Waals surface area contributed by atoms with Crippen LogP contribution in [0.15, 0.2) is 60.7 Å². The molecule has 3 aromatic rings. The molecule has 0 aliphatic heterocycles. The van der Waals surface area contributed by atoms with Crippen molar-refractivity contribution in [2.45, 2.75) is 12.7 Å². The number of hydrogen-bond acceptors (Lipinski definition) is 2. The molecule has 1 atom stereocenters. The molecular formula is C17H17NO2. The largest absolute Gasteiger partial charge is 0.384 e. The zero-order valence-electron chi connectivity index (χ0n) is 11.1. The predicted molar refractivity (Wildman–Crippen MR) is 79.4 cm³/mol. The molecule has 102 valence electrons. The first-order valence-corrected chi connectivity index (χ1v) is 6.70. The van der Waals surface area contributed by atoms with Crippen molar-refractivity contribution in [1.29, 1.82) is 0 Å². The number of ether oxygens (including phenoxy) is 1. The highest BCUT2D eigenvalue weighted by molar-refractivity contribution is 5.80. The first kappa shape index (κ1) is 12.9. The highest BCUT2D eigenvalue weighted by Gasteiger charge is 2.10. The fraction of sp³-hybridized carbons (Fsp3) is 0.176. The van der Waals surface area contributed by atoms with Gasteiger partial charge in [0.25, 0.3) is 0 Å². The Kier molecular flexibility index (Phi) is 3.81. The van der Waals surface area contributed by atoms with Gasteiger partial charge in [-0.05, 0) is 23.1 Å². The summed E-state index contributed by atoms with van der Waals surface area (Å²) in [7, 11) is 0. The normalized spacial score (nSPS) is 12.7. The predicted octanol–water partition coefficient (Wildman–Crippen LogP) is 3.42. The number of aliphatic hydroxyl groups excluding tert-OH is 1. The number of hydrogen-bond donors (Lipinski definition) is 2. The molecule has 3 rings (SSSR count). The second-order valence-corrected chi connectivity index (χ2v) is 4.83. The number of aromatic amines is 1. The molecule has 0 saturated carbocycles. The van der Waals surface area contributed by atoms with E-state index in [1.165, 1.54) is 0 Å². The second kappa shape index (κ2) is 5.90. The number of H-pyrrole nitrogens is 1. The summed E-state index contributed by atoms with van der Waals surface area (Å²) in [5.74, 6) is 0. The summed E-state index contributed by atoms with van der Waals surface area (Å²) in [4.78, 5) is 3.21. The van der Waals surface area contributed by atoms with Gasteiger partial charge in [0.2, 0.25) is 0 Å². The Bertz CT molecular complexity index is 643. The molecule has 2 aromatic carbocycles. The smallest absolute Gasteiger partial charge is 0.117 e. The van der Waals surface area contributed by atoms with Crippen LogP contribution in [0.3, 0.4) is 0 Å². The van der Waals surface area contributed by atoms with Gasteiger partial charge in [0.15, 0.2) is 0 Å². The Morgan fingerprint density at radius 1 is 1.00 bits per heavy atom. The molecule has 0 aliphatic rings. The molecule has 0 fully saturated rings. The highest BCUT2D eigenvalue weighted by atomic mass is 16.5. The van der Waals surface area contributed by atoms with Crippen LogP contribution in [0, 0.1) is 0 Å². The zero-order chi connectivity index (χ0) is 13.8. The quantitative estimate of drug-likeness (QED) is 0.744. The number of fused-ring (bicyclic) bond motifs is 1. The van der Waals surface area contributed by atoms with Crippen LogP contribution in [0.4, 0.5) is 0 Å². The molecule has 1 aromatic heterocycles. The lowest BCUT2D eigenvalue weighted by Crippen LogP contribution is -2.07. The molecule has 1 heterocycles. The summed E-state index contributed by atoms with van der Waals surface area (Å²) < 4.78 is 5.56. The third-order valence-corrected chi connectivity index (χ3v) is 3.30. The number of rotatable bonds is 5. The standard InChI is InChI=1S/C17H17NO2/c19-17(12-20-11-13-6-2-1-3-7-13)16-10-14-8-4-5-9-15(14)18-16/h1-10,17-19H,11-12H2. The number of para-hydroxylation sites is 1. The summed E-state index contributed by atoms with van der Waals surface area (Å²) in [6.07, 6.45) is -0.633. The molecule has 0 aliphatic carbocycles. The summed E-state index contributed by atoms with van der Waals surface area (Å²) >= 11 is 0. The van der Waals surface area contributed by atoms with Gasteiger partial charge in [0.1, 0.15) is 6.10 Å². The van der Waals surface area contributed by atoms with Crippen molar-refractivity contribution in [1.82, 2.24) is 4.98 Å². The Morgan fingerprint density at radius 3 is 2.55 bits per heavy atom. The summed E-state index contributed by atoms with van der Waals surface area (Å²) in [6, 6.07) is 19.9. The van der Waals surface area contributed by atoms with Crippen molar-refractivity contribution < 1.29 is 9.84 Å². The molecule has 0 amide bonds. The molecule has 0 spiro atoms. The van der Waals surface area contributed by atoms with Gasteiger partial charge in [0.05, 0.1) is 13.2 Å². The van der Waals surface area contributed by atoms with Gasteiger partial charge in [-0.25, -0.2) is 0 Å². The number of nitrogens with one attached hydrogen (secondary N) is 1. The molecular weight excluding hydrogens is 250 g/mol. The van der Waals surface area contributed by atoms with Gasteiger partial charge < -0.3 is 14.8 Å². The minimum Gasteiger partial charge on any atom is -0.384 e. The van der Waals surface area contributed by atoms with Crippen LogP contribution >= 0.6 is 0 Å². The third-order valence-electron chi connectivity index (χ3n) is 3.30. The van der Waals surface area contributed by atoms with Gasteiger partial charge in [-0.2, -0.15) is 0 Å². The van der Waals surface area contributed by atoms with Crippen LogP contribution in [-0.4, -0.2) is 16.7 Å². The molecule has 1 unspecified atom stereocenters. The van der Waals surface area contributed by atoms with E-state index in [0.717, 1.165) is 22.2 Å². The van der Waals surface area contributed by atoms with Crippen LogP contribution in [-0.2, 0) is 11.3 Å². The highest BCUT2D eigenvalue weighted by Crippen LogP contribution is 2.20. The second-order valence-electron chi connectivity index (χ2n) is 4.83. The first-order valence-electron chi connectivity index (χ1n) is 6.70. The fourth-order valence-electron chi connectivity index (χ4n) is 2.23. The lowest BCUT2D eigenvalue weighted by atomic mass is 10.2. The van der Waals surface area contributed by atoms with Crippen molar-refractivity contribution >= 4 is 10.9 Å². The van der Waals surface area contributed by atoms with Crippen LogP contribution in [0.25, 0.3) is 10.9 Å². The van der Waals surface area contributed by atoms with Gasteiger partial charge in [0, 0.05) is 11.2 Å². The lowest BCUT2D eigenvalue weighted by Gasteiger charge is -2.09. The van der Waals surface area contributed by atoms with Crippen LogP contribution < -0.4 is 0 Å².